The molecule has 1 rings (SSSR count). The number of hydrogen-bond donors (Lipinski definition) is 1. The number of ketones is 1. The van der Waals surface area contributed by atoms with Crippen molar-refractivity contribution >= 4 is 17.7 Å². The Hall–Kier alpha value is -2.21. The molecule has 0 radical (unpaired) electrons. The molecule has 0 spiro atoms. The van der Waals surface area contributed by atoms with Crippen LogP contribution in [0, 0.1) is 5.41 Å². The molecular weight excluding hydrogens is 298 g/mol. The van der Waals surface area contributed by atoms with Crippen LogP contribution in [0.15, 0.2) is 30.3 Å². The third-order valence-corrected chi connectivity index (χ3v) is 3.54. The first-order valence-corrected chi connectivity index (χ1v) is 7.40. The van der Waals surface area contributed by atoms with Crippen LogP contribution in [0.5, 0.6) is 0 Å². The molecule has 0 fully saturated rings. The van der Waals surface area contributed by atoms with Crippen molar-refractivity contribution in [3.63, 3.8) is 0 Å². The number of carbonyl (C=O) groups is 3. The number of aliphatic hydroxyl groups is 1. The summed E-state index contributed by atoms with van der Waals surface area (Å²) in [6.07, 6.45) is 0. The summed E-state index contributed by atoms with van der Waals surface area (Å²) in [6, 6.07) is 7.62. The van der Waals surface area contributed by atoms with Crippen LogP contribution in [0.1, 0.15) is 32.4 Å². The highest BCUT2D eigenvalue weighted by molar-refractivity contribution is 6.38. The summed E-state index contributed by atoms with van der Waals surface area (Å²) in [7, 11) is 1.38. The highest BCUT2D eigenvalue weighted by Crippen LogP contribution is 2.24. The molecule has 6 heteroatoms. The van der Waals surface area contributed by atoms with E-state index in [1.807, 2.05) is 0 Å². The molecule has 0 aliphatic carbocycles. The number of ether oxygens (including phenoxy) is 1. The maximum atomic E-state index is 12.4. The van der Waals surface area contributed by atoms with E-state index in [0.717, 1.165) is 4.90 Å². The highest BCUT2D eigenvalue weighted by Gasteiger charge is 2.38. The van der Waals surface area contributed by atoms with Gasteiger partial charge in [0.15, 0.2) is 6.04 Å². The minimum atomic E-state index is -1.21. The van der Waals surface area contributed by atoms with Gasteiger partial charge in [-0.15, -0.1) is 0 Å². The molecule has 1 aromatic rings. The second-order valence-electron chi connectivity index (χ2n) is 5.85. The molecular formula is C17H23NO5. The number of benzene rings is 1. The SMILES string of the molecule is CCOC(=O)[C@H](c1ccccc1)N(C)C(=O)C(=O)C(C)(C)CO. The topological polar surface area (TPSA) is 83.9 Å². The van der Waals surface area contributed by atoms with Gasteiger partial charge in [0.05, 0.1) is 18.6 Å². The van der Waals surface area contributed by atoms with Crippen LogP contribution in [0.3, 0.4) is 0 Å². The Balaban J connectivity index is 3.14. The summed E-state index contributed by atoms with van der Waals surface area (Å²) in [5, 5.41) is 9.26. The summed E-state index contributed by atoms with van der Waals surface area (Å²) in [5.41, 5.74) is -0.655. The number of Topliss-reactive ketones (excluding diaryl/α,β-unsaturated/α-hetero) is 1. The van der Waals surface area contributed by atoms with Gasteiger partial charge in [-0.2, -0.15) is 0 Å². The predicted molar refractivity (Wildman–Crippen MR) is 84.5 cm³/mol. The first-order chi connectivity index (χ1) is 10.8. The minimum absolute atomic E-state index is 0.167. The standard InChI is InChI=1S/C17H23NO5/c1-5-23-16(22)13(12-9-7-6-8-10-12)18(4)15(21)14(20)17(2,3)11-19/h6-10,13,19H,5,11H2,1-4H3/t13-/m0/s1. The molecule has 0 unspecified atom stereocenters. The van der Waals surface area contributed by atoms with Gasteiger partial charge in [-0.1, -0.05) is 44.2 Å². The van der Waals surface area contributed by atoms with E-state index in [4.69, 9.17) is 4.74 Å². The van der Waals surface area contributed by atoms with Crippen LogP contribution >= 0.6 is 0 Å². The monoisotopic (exact) mass is 321 g/mol. The van der Waals surface area contributed by atoms with Crippen LogP contribution in [0.25, 0.3) is 0 Å². The smallest absolute Gasteiger partial charge is 0.333 e. The molecule has 1 N–H and O–H groups in total. The van der Waals surface area contributed by atoms with E-state index in [2.05, 4.69) is 0 Å². The van der Waals surface area contributed by atoms with Crippen molar-refractivity contribution < 1.29 is 24.2 Å². The highest BCUT2D eigenvalue weighted by atomic mass is 16.5. The molecule has 126 valence electrons. The third-order valence-electron chi connectivity index (χ3n) is 3.54. The van der Waals surface area contributed by atoms with Crippen LogP contribution in [-0.2, 0) is 19.1 Å². The number of amides is 1. The summed E-state index contributed by atoms with van der Waals surface area (Å²) >= 11 is 0. The molecule has 0 aliphatic heterocycles. The van der Waals surface area contributed by atoms with E-state index in [0.29, 0.717) is 5.56 Å². The molecule has 23 heavy (non-hydrogen) atoms. The van der Waals surface area contributed by atoms with E-state index in [9.17, 15) is 19.5 Å². The van der Waals surface area contributed by atoms with Crippen molar-refractivity contribution in [3.8, 4) is 0 Å². The van der Waals surface area contributed by atoms with Gasteiger partial charge >= 0.3 is 5.97 Å². The lowest BCUT2D eigenvalue weighted by atomic mass is 9.88. The zero-order valence-corrected chi connectivity index (χ0v) is 13.9. The van der Waals surface area contributed by atoms with Crippen molar-refractivity contribution in [3.05, 3.63) is 35.9 Å². The molecule has 0 bridgehead atoms. The summed E-state index contributed by atoms with van der Waals surface area (Å²) in [5.74, 6) is -2.21. The summed E-state index contributed by atoms with van der Waals surface area (Å²) in [4.78, 5) is 38.0. The molecule has 1 amide bonds. The molecule has 6 nitrogen and oxygen atoms in total. The number of hydrogen-bond acceptors (Lipinski definition) is 5. The molecule has 0 aromatic heterocycles. The van der Waals surface area contributed by atoms with Gasteiger partial charge in [0.25, 0.3) is 5.91 Å². The molecule has 0 saturated heterocycles. The molecule has 1 aromatic carbocycles. The van der Waals surface area contributed by atoms with Crippen molar-refractivity contribution in [1.29, 1.82) is 0 Å². The predicted octanol–water partition coefficient (Wildman–Crippen LogP) is 1.34. The van der Waals surface area contributed by atoms with Crippen LogP contribution in [0.4, 0.5) is 0 Å². The van der Waals surface area contributed by atoms with E-state index in [-0.39, 0.29) is 6.61 Å². The largest absolute Gasteiger partial charge is 0.464 e. The molecule has 0 aliphatic rings. The number of carbonyl (C=O) groups excluding carboxylic acids is 3. The average Bonchev–Trinajstić information content (AvgIpc) is 2.54. The molecule has 1 atom stereocenters. The van der Waals surface area contributed by atoms with Gasteiger partial charge in [0.2, 0.25) is 5.78 Å². The lowest BCUT2D eigenvalue weighted by Gasteiger charge is -2.29. The molecule has 0 heterocycles. The fraction of sp³-hybridized carbons (Fsp3) is 0.471. The van der Waals surface area contributed by atoms with Gasteiger partial charge in [-0.3, -0.25) is 9.59 Å². The second kappa shape index (κ2) is 7.87. The lowest BCUT2D eigenvalue weighted by molar-refractivity contribution is -0.158. The lowest BCUT2D eigenvalue weighted by Crippen LogP contribution is -2.46. The van der Waals surface area contributed by atoms with E-state index in [1.165, 1.54) is 20.9 Å². The Morgan fingerprint density at radius 3 is 2.26 bits per heavy atom. The van der Waals surface area contributed by atoms with Crippen molar-refractivity contribution in [1.82, 2.24) is 4.90 Å². The summed E-state index contributed by atoms with van der Waals surface area (Å²) < 4.78 is 5.03. The Morgan fingerprint density at radius 2 is 1.78 bits per heavy atom. The molecule has 0 saturated carbocycles. The number of likely N-dealkylation sites (N-methyl/N-ethyl adjacent to an activating group) is 1. The maximum Gasteiger partial charge on any atom is 0.333 e. The van der Waals surface area contributed by atoms with Crippen molar-refractivity contribution in [2.24, 2.45) is 5.41 Å². The van der Waals surface area contributed by atoms with Gasteiger partial charge in [0, 0.05) is 7.05 Å². The maximum absolute atomic E-state index is 12.4. The third kappa shape index (κ3) is 4.39. The van der Waals surface area contributed by atoms with Crippen molar-refractivity contribution in [2.75, 3.05) is 20.3 Å². The van der Waals surface area contributed by atoms with Gasteiger partial charge in [-0.25, -0.2) is 4.79 Å². The quantitative estimate of drug-likeness (QED) is 0.605. The van der Waals surface area contributed by atoms with Crippen LogP contribution in [0.2, 0.25) is 0 Å². The number of nitrogens with zero attached hydrogens (tertiary/aromatic N) is 1. The Kier molecular flexibility index (Phi) is 6.45. The van der Waals surface area contributed by atoms with E-state index >= 15 is 0 Å². The van der Waals surface area contributed by atoms with Gasteiger partial charge < -0.3 is 14.7 Å². The Morgan fingerprint density at radius 1 is 1.22 bits per heavy atom. The fourth-order valence-corrected chi connectivity index (χ4v) is 2.01. The Bertz CT molecular complexity index is 568. The minimum Gasteiger partial charge on any atom is -0.464 e. The second-order valence-corrected chi connectivity index (χ2v) is 5.85. The normalized spacial score (nSPS) is 12.4. The zero-order valence-electron chi connectivity index (χ0n) is 13.9. The fourth-order valence-electron chi connectivity index (χ4n) is 2.01. The number of rotatable bonds is 7. The van der Waals surface area contributed by atoms with E-state index in [1.54, 1.807) is 37.3 Å². The Labute approximate surface area is 136 Å². The van der Waals surface area contributed by atoms with Crippen LogP contribution in [-0.4, -0.2) is 47.9 Å². The van der Waals surface area contributed by atoms with Gasteiger partial charge in [0.1, 0.15) is 0 Å². The zero-order chi connectivity index (χ0) is 17.6. The van der Waals surface area contributed by atoms with E-state index < -0.39 is 35.7 Å². The van der Waals surface area contributed by atoms with Gasteiger partial charge in [-0.05, 0) is 12.5 Å². The van der Waals surface area contributed by atoms with Crippen molar-refractivity contribution in [2.45, 2.75) is 26.8 Å². The first kappa shape index (κ1) is 18.8. The van der Waals surface area contributed by atoms with Crippen LogP contribution < -0.4 is 0 Å². The first-order valence-electron chi connectivity index (χ1n) is 7.40. The summed E-state index contributed by atoms with van der Waals surface area (Å²) in [6.45, 7) is 4.33. The number of esters is 1. The number of aliphatic hydroxyl groups excluding tert-OH is 1. The average molecular weight is 321 g/mol.